The van der Waals surface area contributed by atoms with E-state index in [0.29, 0.717) is 5.56 Å². The fourth-order valence-corrected chi connectivity index (χ4v) is 4.63. The van der Waals surface area contributed by atoms with Crippen LogP contribution in [0.4, 0.5) is 4.39 Å². The molecule has 3 rings (SSSR count). The number of hydrogen-bond donors (Lipinski definition) is 1. The molecule has 0 spiro atoms. The number of carbonyl (C=O) groups is 2. The van der Waals surface area contributed by atoms with Crippen molar-refractivity contribution in [2.45, 2.75) is 32.1 Å². The Balaban J connectivity index is 1.65. The molecule has 1 aliphatic rings. The molecule has 2 aromatic rings. The molecule has 6 nitrogen and oxygen atoms in total. The summed E-state index contributed by atoms with van der Waals surface area (Å²) >= 11 is 0. The van der Waals surface area contributed by atoms with Crippen molar-refractivity contribution in [2.24, 2.45) is 5.92 Å². The summed E-state index contributed by atoms with van der Waals surface area (Å²) in [6.07, 6.45) is -0.0581. The average molecular weight is 418 g/mol. The Morgan fingerprint density at radius 1 is 1.24 bits per heavy atom. The van der Waals surface area contributed by atoms with E-state index in [9.17, 15) is 22.4 Å². The van der Waals surface area contributed by atoms with E-state index >= 15 is 0 Å². The number of amides is 2. The van der Waals surface area contributed by atoms with Gasteiger partial charge in [-0.15, -0.1) is 0 Å². The second-order valence-corrected chi connectivity index (χ2v) is 9.08. The standard InChI is InChI=1S/C21H23FN2O4S/c1-14-8-9-17(19(22)10-14)13-29(27,28)23-21(26)18-11-20(25)24(12-18)15(2)16-6-4-3-5-7-16/h3-10,15,18H,11-13H2,1-2H3,(H,23,26). The summed E-state index contributed by atoms with van der Waals surface area (Å²) in [6, 6.07) is 13.4. The fraction of sp³-hybridized carbons (Fsp3) is 0.333. The lowest BCUT2D eigenvalue weighted by molar-refractivity contribution is -0.130. The van der Waals surface area contributed by atoms with Gasteiger partial charge in [0.15, 0.2) is 0 Å². The molecule has 0 aromatic heterocycles. The second-order valence-electron chi connectivity index (χ2n) is 7.35. The summed E-state index contributed by atoms with van der Waals surface area (Å²) in [6.45, 7) is 3.70. The van der Waals surface area contributed by atoms with E-state index in [1.54, 1.807) is 17.9 Å². The summed E-state index contributed by atoms with van der Waals surface area (Å²) in [5.74, 6) is -3.00. The third kappa shape index (κ3) is 5.00. The zero-order chi connectivity index (χ0) is 21.2. The molecule has 0 aliphatic carbocycles. The van der Waals surface area contributed by atoms with Crippen LogP contribution in [0.25, 0.3) is 0 Å². The maximum Gasteiger partial charge on any atom is 0.239 e. The highest BCUT2D eigenvalue weighted by atomic mass is 32.2. The van der Waals surface area contributed by atoms with Gasteiger partial charge in [0, 0.05) is 18.5 Å². The van der Waals surface area contributed by atoms with E-state index in [1.165, 1.54) is 12.1 Å². The van der Waals surface area contributed by atoms with Crippen LogP contribution in [0.1, 0.15) is 36.1 Å². The van der Waals surface area contributed by atoms with Gasteiger partial charge in [-0.3, -0.25) is 14.3 Å². The molecular formula is C21H23FN2O4S. The smallest absolute Gasteiger partial charge is 0.239 e. The third-order valence-corrected chi connectivity index (χ3v) is 6.29. The molecule has 1 fully saturated rings. The first-order valence-electron chi connectivity index (χ1n) is 9.30. The summed E-state index contributed by atoms with van der Waals surface area (Å²) in [5.41, 5.74) is 1.59. The Labute approximate surface area is 169 Å². The molecule has 0 bridgehead atoms. The molecule has 0 radical (unpaired) electrons. The van der Waals surface area contributed by atoms with Crippen LogP contribution in [0, 0.1) is 18.7 Å². The lowest BCUT2D eigenvalue weighted by Crippen LogP contribution is -2.38. The molecule has 2 unspecified atom stereocenters. The molecular weight excluding hydrogens is 395 g/mol. The normalized spacial score (nSPS) is 18.0. The van der Waals surface area contributed by atoms with Crippen LogP contribution < -0.4 is 4.72 Å². The summed E-state index contributed by atoms with van der Waals surface area (Å²) < 4.78 is 40.6. The minimum atomic E-state index is -4.08. The minimum absolute atomic E-state index is 0.0160. The second kappa shape index (κ2) is 8.32. The number of sulfonamides is 1. The Hall–Kier alpha value is -2.74. The Kier molecular flexibility index (Phi) is 6.02. The third-order valence-electron chi connectivity index (χ3n) is 5.09. The van der Waals surface area contributed by atoms with E-state index < -0.39 is 33.4 Å². The van der Waals surface area contributed by atoms with Gasteiger partial charge in [0.25, 0.3) is 0 Å². The number of benzene rings is 2. The Morgan fingerprint density at radius 2 is 1.93 bits per heavy atom. The highest BCUT2D eigenvalue weighted by Crippen LogP contribution is 2.28. The van der Waals surface area contributed by atoms with Crippen molar-refractivity contribution >= 4 is 21.8 Å². The summed E-state index contributed by atoms with van der Waals surface area (Å²) in [5, 5.41) is 0. The molecule has 154 valence electrons. The van der Waals surface area contributed by atoms with E-state index in [2.05, 4.69) is 0 Å². The Morgan fingerprint density at radius 3 is 2.59 bits per heavy atom. The molecule has 29 heavy (non-hydrogen) atoms. The number of carbonyl (C=O) groups excluding carboxylic acids is 2. The van der Waals surface area contributed by atoms with Crippen LogP contribution >= 0.6 is 0 Å². The minimum Gasteiger partial charge on any atom is -0.335 e. The molecule has 1 saturated heterocycles. The molecule has 2 amide bonds. The van der Waals surface area contributed by atoms with Crippen molar-refractivity contribution in [1.29, 1.82) is 0 Å². The predicted octanol–water partition coefficient (Wildman–Crippen LogP) is 2.69. The van der Waals surface area contributed by atoms with Crippen LogP contribution in [-0.2, 0) is 25.4 Å². The van der Waals surface area contributed by atoms with Gasteiger partial charge in [-0.05, 0) is 31.0 Å². The zero-order valence-electron chi connectivity index (χ0n) is 16.3. The van der Waals surface area contributed by atoms with Crippen molar-refractivity contribution in [3.05, 3.63) is 71.0 Å². The topological polar surface area (TPSA) is 83.5 Å². The molecule has 0 saturated carbocycles. The predicted molar refractivity (Wildman–Crippen MR) is 107 cm³/mol. The van der Waals surface area contributed by atoms with Gasteiger partial charge < -0.3 is 4.90 Å². The van der Waals surface area contributed by atoms with Crippen molar-refractivity contribution in [3.8, 4) is 0 Å². The molecule has 2 atom stereocenters. The van der Waals surface area contributed by atoms with Crippen LogP contribution in [-0.4, -0.2) is 31.7 Å². The van der Waals surface area contributed by atoms with Gasteiger partial charge in [-0.1, -0.05) is 42.5 Å². The van der Waals surface area contributed by atoms with Crippen molar-refractivity contribution < 1.29 is 22.4 Å². The van der Waals surface area contributed by atoms with E-state index in [0.717, 1.165) is 5.56 Å². The number of nitrogens with zero attached hydrogens (tertiary/aromatic N) is 1. The molecule has 2 aromatic carbocycles. The average Bonchev–Trinajstić information content (AvgIpc) is 3.06. The number of halogens is 1. The first-order valence-corrected chi connectivity index (χ1v) is 11.0. The van der Waals surface area contributed by atoms with Gasteiger partial charge in [0.05, 0.1) is 17.7 Å². The fourth-order valence-electron chi connectivity index (χ4n) is 3.44. The number of aryl methyl sites for hydroxylation is 1. The molecule has 1 N–H and O–H groups in total. The first-order chi connectivity index (χ1) is 13.7. The summed E-state index contributed by atoms with van der Waals surface area (Å²) in [4.78, 5) is 26.4. The number of hydrogen-bond acceptors (Lipinski definition) is 4. The number of likely N-dealkylation sites (tertiary alicyclic amines) is 1. The molecule has 8 heteroatoms. The number of rotatable bonds is 6. The van der Waals surface area contributed by atoms with Gasteiger partial charge in [-0.2, -0.15) is 0 Å². The van der Waals surface area contributed by atoms with Crippen molar-refractivity contribution in [3.63, 3.8) is 0 Å². The van der Waals surface area contributed by atoms with Crippen LogP contribution in [0.15, 0.2) is 48.5 Å². The first kappa shape index (κ1) is 21.0. The van der Waals surface area contributed by atoms with E-state index in [4.69, 9.17) is 0 Å². The largest absolute Gasteiger partial charge is 0.335 e. The van der Waals surface area contributed by atoms with Crippen LogP contribution in [0.5, 0.6) is 0 Å². The highest BCUT2D eigenvalue weighted by molar-refractivity contribution is 7.89. The van der Waals surface area contributed by atoms with Crippen LogP contribution in [0.3, 0.4) is 0 Å². The van der Waals surface area contributed by atoms with E-state index in [1.807, 2.05) is 42.0 Å². The molecule has 1 aliphatic heterocycles. The van der Waals surface area contributed by atoms with Gasteiger partial charge in [0.1, 0.15) is 5.82 Å². The van der Waals surface area contributed by atoms with Gasteiger partial charge in [-0.25, -0.2) is 12.8 Å². The highest BCUT2D eigenvalue weighted by Gasteiger charge is 2.38. The lowest BCUT2D eigenvalue weighted by atomic mass is 10.1. The van der Waals surface area contributed by atoms with Crippen LogP contribution in [0.2, 0.25) is 0 Å². The SMILES string of the molecule is Cc1ccc(CS(=O)(=O)NC(=O)C2CC(=O)N(C(C)c3ccccc3)C2)c(F)c1. The monoisotopic (exact) mass is 418 g/mol. The van der Waals surface area contributed by atoms with Crippen molar-refractivity contribution in [2.75, 3.05) is 6.54 Å². The quantitative estimate of drug-likeness (QED) is 0.782. The van der Waals surface area contributed by atoms with E-state index in [-0.39, 0.29) is 30.5 Å². The Bertz CT molecular complexity index is 1020. The van der Waals surface area contributed by atoms with Crippen molar-refractivity contribution in [1.82, 2.24) is 9.62 Å². The lowest BCUT2D eigenvalue weighted by Gasteiger charge is -2.25. The van der Waals surface area contributed by atoms with Gasteiger partial charge >= 0.3 is 0 Å². The maximum atomic E-state index is 13.9. The zero-order valence-corrected chi connectivity index (χ0v) is 17.1. The maximum absolute atomic E-state index is 13.9. The molecule has 1 heterocycles. The summed E-state index contributed by atoms with van der Waals surface area (Å²) in [7, 11) is -4.08. The number of nitrogens with one attached hydrogen (secondary N) is 1. The van der Waals surface area contributed by atoms with Gasteiger partial charge in [0.2, 0.25) is 21.8 Å².